The van der Waals surface area contributed by atoms with Gasteiger partial charge in [-0.2, -0.15) is 0 Å². The van der Waals surface area contributed by atoms with Crippen molar-refractivity contribution in [1.82, 2.24) is 9.80 Å². The fraction of sp³-hybridized carbons (Fsp3) is 0.562. The van der Waals surface area contributed by atoms with Gasteiger partial charge >= 0.3 is 0 Å². The summed E-state index contributed by atoms with van der Waals surface area (Å²) in [5.74, 6) is 0.115. The van der Waals surface area contributed by atoms with Crippen molar-refractivity contribution >= 4 is 17.3 Å². The average molecular weight is 288 g/mol. The highest BCUT2D eigenvalue weighted by molar-refractivity contribution is 5.96. The van der Waals surface area contributed by atoms with E-state index in [0.29, 0.717) is 11.3 Å². The third kappa shape index (κ3) is 2.97. The highest BCUT2D eigenvalue weighted by atomic mass is 16.2. The predicted molar refractivity (Wildman–Crippen MR) is 85.7 cm³/mol. The van der Waals surface area contributed by atoms with Gasteiger partial charge in [-0.15, -0.1) is 0 Å². The molecule has 0 atom stereocenters. The van der Waals surface area contributed by atoms with E-state index in [4.69, 9.17) is 5.73 Å². The molecule has 1 aromatic rings. The summed E-state index contributed by atoms with van der Waals surface area (Å²) < 4.78 is 0. The van der Waals surface area contributed by atoms with E-state index in [-0.39, 0.29) is 5.91 Å². The minimum Gasteiger partial charge on any atom is -0.397 e. The molecule has 2 N–H and O–H groups in total. The zero-order chi connectivity index (χ0) is 14.8. The minimum absolute atomic E-state index is 0.115. The van der Waals surface area contributed by atoms with Gasteiger partial charge in [0.05, 0.1) is 11.4 Å². The fourth-order valence-corrected chi connectivity index (χ4v) is 3.13. The van der Waals surface area contributed by atoms with E-state index in [1.165, 1.54) is 0 Å². The minimum atomic E-state index is 0.115. The molecule has 3 rings (SSSR count). The normalized spacial score (nSPS) is 20.0. The molecule has 2 saturated heterocycles. The van der Waals surface area contributed by atoms with Crippen LogP contribution in [0.25, 0.3) is 0 Å². The Hall–Kier alpha value is -1.75. The predicted octanol–water partition coefficient (Wildman–Crippen LogP) is 1.26. The quantitative estimate of drug-likeness (QED) is 0.832. The third-order valence-electron chi connectivity index (χ3n) is 4.51. The summed E-state index contributed by atoms with van der Waals surface area (Å²) in [5.41, 5.74) is 8.68. The van der Waals surface area contributed by atoms with E-state index < -0.39 is 0 Å². The van der Waals surface area contributed by atoms with E-state index in [0.717, 1.165) is 57.8 Å². The largest absolute Gasteiger partial charge is 0.397 e. The molecular weight excluding hydrogens is 264 g/mol. The van der Waals surface area contributed by atoms with Gasteiger partial charge in [0, 0.05) is 44.8 Å². The Balaban J connectivity index is 1.74. The van der Waals surface area contributed by atoms with Crippen LogP contribution in [0.1, 0.15) is 23.2 Å². The Labute approximate surface area is 126 Å². The van der Waals surface area contributed by atoms with E-state index in [1.54, 1.807) is 0 Å². The van der Waals surface area contributed by atoms with Gasteiger partial charge < -0.3 is 20.4 Å². The van der Waals surface area contributed by atoms with Crippen LogP contribution in [0.4, 0.5) is 11.4 Å². The number of hydrogen-bond acceptors (Lipinski definition) is 4. The van der Waals surface area contributed by atoms with Crippen LogP contribution >= 0.6 is 0 Å². The molecular formula is C16H24N4O. The van der Waals surface area contributed by atoms with Crippen molar-refractivity contribution in [3.05, 3.63) is 23.8 Å². The Morgan fingerprint density at radius 1 is 1.05 bits per heavy atom. The SMILES string of the molecule is CN1CCN(c2ccc(C(=O)N3CCCC3)cc2N)CC1. The van der Waals surface area contributed by atoms with Gasteiger partial charge in [-0.3, -0.25) is 4.79 Å². The highest BCUT2D eigenvalue weighted by Crippen LogP contribution is 2.26. The van der Waals surface area contributed by atoms with Gasteiger partial charge in [0.15, 0.2) is 0 Å². The average Bonchev–Trinajstić information content (AvgIpc) is 3.02. The van der Waals surface area contributed by atoms with Crippen LogP contribution in [-0.2, 0) is 0 Å². The van der Waals surface area contributed by atoms with E-state index in [9.17, 15) is 4.79 Å². The van der Waals surface area contributed by atoms with Crippen molar-refractivity contribution in [2.45, 2.75) is 12.8 Å². The Kier molecular flexibility index (Phi) is 4.01. The van der Waals surface area contributed by atoms with E-state index in [2.05, 4.69) is 16.8 Å². The lowest BCUT2D eigenvalue weighted by Gasteiger charge is -2.34. The molecule has 21 heavy (non-hydrogen) atoms. The zero-order valence-electron chi connectivity index (χ0n) is 12.7. The maximum atomic E-state index is 12.4. The van der Waals surface area contributed by atoms with Crippen molar-refractivity contribution in [3.8, 4) is 0 Å². The first kappa shape index (κ1) is 14.2. The Bertz CT molecular complexity index is 517. The van der Waals surface area contributed by atoms with Gasteiger partial charge in [0.25, 0.3) is 5.91 Å². The zero-order valence-corrected chi connectivity index (χ0v) is 12.7. The van der Waals surface area contributed by atoms with E-state index >= 15 is 0 Å². The van der Waals surface area contributed by atoms with Crippen molar-refractivity contribution in [1.29, 1.82) is 0 Å². The van der Waals surface area contributed by atoms with Crippen LogP contribution in [0, 0.1) is 0 Å². The summed E-state index contributed by atoms with van der Waals surface area (Å²) in [6.45, 7) is 5.82. The van der Waals surface area contributed by atoms with Crippen LogP contribution in [0.15, 0.2) is 18.2 Å². The van der Waals surface area contributed by atoms with Crippen molar-refractivity contribution < 1.29 is 4.79 Å². The monoisotopic (exact) mass is 288 g/mol. The number of nitrogens with two attached hydrogens (primary N) is 1. The molecule has 0 aromatic heterocycles. The number of benzene rings is 1. The van der Waals surface area contributed by atoms with Gasteiger partial charge in [0.2, 0.25) is 0 Å². The molecule has 0 aliphatic carbocycles. The number of anilines is 2. The van der Waals surface area contributed by atoms with Crippen LogP contribution in [-0.4, -0.2) is 62.0 Å². The first-order chi connectivity index (χ1) is 10.1. The molecule has 5 heteroatoms. The van der Waals surface area contributed by atoms with Crippen LogP contribution in [0.2, 0.25) is 0 Å². The summed E-state index contributed by atoms with van der Waals surface area (Å²) in [6.07, 6.45) is 2.22. The standard InChI is InChI=1S/C16H24N4O/c1-18-8-10-19(11-9-18)15-5-4-13(12-14(15)17)16(21)20-6-2-3-7-20/h4-5,12H,2-3,6-11,17H2,1H3. The number of carbonyl (C=O) groups excluding carboxylic acids is 1. The number of hydrogen-bond donors (Lipinski definition) is 1. The van der Waals surface area contributed by atoms with E-state index in [1.807, 2.05) is 23.1 Å². The second-order valence-electron chi connectivity index (χ2n) is 6.06. The number of likely N-dealkylation sites (N-methyl/N-ethyl adjacent to an activating group) is 1. The molecule has 2 aliphatic heterocycles. The van der Waals surface area contributed by atoms with Crippen molar-refractivity contribution in [2.75, 3.05) is 56.9 Å². The number of carbonyl (C=O) groups is 1. The number of nitrogens with zero attached hydrogens (tertiary/aromatic N) is 3. The van der Waals surface area contributed by atoms with Gasteiger partial charge in [-0.25, -0.2) is 0 Å². The molecule has 2 heterocycles. The molecule has 0 unspecified atom stereocenters. The number of amides is 1. The topological polar surface area (TPSA) is 52.8 Å². The summed E-state index contributed by atoms with van der Waals surface area (Å²) in [5, 5.41) is 0. The summed E-state index contributed by atoms with van der Waals surface area (Å²) >= 11 is 0. The summed E-state index contributed by atoms with van der Waals surface area (Å²) in [7, 11) is 2.14. The smallest absolute Gasteiger partial charge is 0.253 e. The molecule has 0 spiro atoms. The molecule has 1 aromatic carbocycles. The number of piperazine rings is 1. The number of rotatable bonds is 2. The lowest BCUT2D eigenvalue weighted by molar-refractivity contribution is 0.0793. The molecule has 2 aliphatic rings. The van der Waals surface area contributed by atoms with Crippen LogP contribution in [0.3, 0.4) is 0 Å². The Morgan fingerprint density at radius 3 is 2.33 bits per heavy atom. The maximum Gasteiger partial charge on any atom is 0.253 e. The first-order valence-corrected chi connectivity index (χ1v) is 7.77. The van der Waals surface area contributed by atoms with Crippen LogP contribution < -0.4 is 10.6 Å². The molecule has 5 nitrogen and oxygen atoms in total. The Morgan fingerprint density at radius 2 is 1.71 bits per heavy atom. The van der Waals surface area contributed by atoms with Gasteiger partial charge in [0.1, 0.15) is 0 Å². The number of nitrogen functional groups attached to an aromatic ring is 1. The van der Waals surface area contributed by atoms with Crippen molar-refractivity contribution in [3.63, 3.8) is 0 Å². The summed E-state index contributed by atoms with van der Waals surface area (Å²) in [6, 6.07) is 5.77. The second-order valence-corrected chi connectivity index (χ2v) is 6.06. The maximum absolute atomic E-state index is 12.4. The lowest BCUT2D eigenvalue weighted by atomic mass is 10.1. The third-order valence-corrected chi connectivity index (χ3v) is 4.51. The van der Waals surface area contributed by atoms with Gasteiger partial charge in [-0.1, -0.05) is 0 Å². The highest BCUT2D eigenvalue weighted by Gasteiger charge is 2.21. The molecule has 0 saturated carbocycles. The van der Waals surface area contributed by atoms with Crippen molar-refractivity contribution in [2.24, 2.45) is 0 Å². The molecule has 114 valence electrons. The fourth-order valence-electron chi connectivity index (χ4n) is 3.13. The number of likely N-dealkylation sites (tertiary alicyclic amines) is 1. The van der Waals surface area contributed by atoms with Crippen LogP contribution in [0.5, 0.6) is 0 Å². The summed E-state index contributed by atoms with van der Waals surface area (Å²) in [4.78, 5) is 18.9. The second kappa shape index (κ2) is 5.93. The first-order valence-electron chi connectivity index (χ1n) is 7.77. The molecule has 1 amide bonds. The molecule has 2 fully saturated rings. The molecule has 0 radical (unpaired) electrons. The lowest BCUT2D eigenvalue weighted by Crippen LogP contribution is -2.44. The molecule has 0 bridgehead atoms. The van der Waals surface area contributed by atoms with Gasteiger partial charge in [-0.05, 0) is 38.1 Å².